The molecule has 0 amide bonds. The lowest BCUT2D eigenvalue weighted by molar-refractivity contribution is 0.364. The fraction of sp³-hybridized carbons (Fsp3) is 0.688. The minimum Gasteiger partial charge on any atom is -0.495 e. The zero-order valence-electron chi connectivity index (χ0n) is 13.6. The number of pyridine rings is 1. The molecule has 0 spiro atoms. The van der Waals surface area contributed by atoms with Crippen LogP contribution in [-0.4, -0.2) is 50.2 Å². The molecule has 0 radical (unpaired) electrons. The van der Waals surface area contributed by atoms with Crippen molar-refractivity contribution in [2.24, 2.45) is 5.92 Å². The second kappa shape index (κ2) is 7.15. The number of hydrogen-bond donors (Lipinski definition) is 1. The lowest BCUT2D eigenvalue weighted by atomic mass is 10.0. The number of aromatic nitrogens is 1. The zero-order chi connectivity index (χ0) is 16.3. The van der Waals surface area contributed by atoms with E-state index in [4.69, 9.17) is 4.74 Å². The standard InChI is InChI=1S/C16H25N3O3S/c1-22-14-4-5-15(18-11-14)16-3-2-10-19(16)23(20,21)12-13-6-8-17-9-7-13/h4-5,11,13,16-17H,2-3,6-10,12H2,1H3. The molecule has 3 heterocycles. The van der Waals surface area contributed by atoms with Crippen molar-refractivity contribution in [3.05, 3.63) is 24.0 Å². The Kier molecular flexibility index (Phi) is 5.18. The molecular formula is C16H25N3O3S. The summed E-state index contributed by atoms with van der Waals surface area (Å²) in [7, 11) is -1.64. The second-order valence-corrected chi connectivity index (χ2v) is 8.33. The van der Waals surface area contributed by atoms with Gasteiger partial charge >= 0.3 is 0 Å². The first-order chi connectivity index (χ1) is 11.1. The zero-order valence-corrected chi connectivity index (χ0v) is 14.4. The number of nitrogens with one attached hydrogen (secondary N) is 1. The number of sulfonamides is 1. The predicted molar refractivity (Wildman–Crippen MR) is 88.9 cm³/mol. The Morgan fingerprint density at radius 3 is 2.74 bits per heavy atom. The average molecular weight is 339 g/mol. The van der Waals surface area contributed by atoms with Crippen molar-refractivity contribution in [1.82, 2.24) is 14.6 Å². The van der Waals surface area contributed by atoms with Crippen LogP contribution in [0.2, 0.25) is 0 Å². The van der Waals surface area contributed by atoms with Crippen LogP contribution in [-0.2, 0) is 10.0 Å². The topological polar surface area (TPSA) is 71.5 Å². The molecule has 0 bridgehead atoms. The summed E-state index contributed by atoms with van der Waals surface area (Å²) in [6, 6.07) is 3.59. The number of piperidine rings is 1. The Balaban J connectivity index is 1.73. The number of nitrogens with zero attached hydrogens (tertiary/aromatic N) is 2. The van der Waals surface area contributed by atoms with Gasteiger partial charge in [-0.25, -0.2) is 8.42 Å². The number of rotatable bonds is 5. The number of hydrogen-bond acceptors (Lipinski definition) is 5. The normalized spacial score (nSPS) is 24.0. The molecular weight excluding hydrogens is 314 g/mol. The SMILES string of the molecule is COc1ccc(C2CCCN2S(=O)(=O)CC2CCNCC2)nc1. The summed E-state index contributed by atoms with van der Waals surface area (Å²) in [6.07, 6.45) is 5.27. The number of methoxy groups -OCH3 is 1. The van der Waals surface area contributed by atoms with Crippen LogP contribution < -0.4 is 10.1 Å². The summed E-state index contributed by atoms with van der Waals surface area (Å²) >= 11 is 0. The van der Waals surface area contributed by atoms with Crippen molar-refractivity contribution in [3.8, 4) is 5.75 Å². The van der Waals surface area contributed by atoms with Gasteiger partial charge in [-0.15, -0.1) is 0 Å². The highest BCUT2D eigenvalue weighted by atomic mass is 32.2. The highest BCUT2D eigenvalue weighted by Gasteiger charge is 2.37. The van der Waals surface area contributed by atoms with E-state index in [1.165, 1.54) is 0 Å². The Labute approximate surface area is 138 Å². The molecule has 7 heteroatoms. The Morgan fingerprint density at radius 1 is 1.30 bits per heavy atom. The molecule has 1 N–H and O–H groups in total. The van der Waals surface area contributed by atoms with Crippen molar-refractivity contribution >= 4 is 10.0 Å². The Morgan fingerprint density at radius 2 is 2.09 bits per heavy atom. The lowest BCUT2D eigenvalue weighted by Crippen LogP contribution is -2.38. The maximum absolute atomic E-state index is 12.9. The van der Waals surface area contributed by atoms with E-state index in [0.29, 0.717) is 12.3 Å². The molecule has 2 saturated heterocycles. The first-order valence-electron chi connectivity index (χ1n) is 8.30. The quantitative estimate of drug-likeness (QED) is 0.881. The molecule has 23 heavy (non-hydrogen) atoms. The summed E-state index contributed by atoms with van der Waals surface area (Å²) in [5, 5.41) is 3.29. The monoisotopic (exact) mass is 339 g/mol. The second-order valence-electron chi connectivity index (χ2n) is 6.36. The minimum absolute atomic E-state index is 0.132. The van der Waals surface area contributed by atoms with Crippen molar-refractivity contribution in [2.75, 3.05) is 32.5 Å². The molecule has 3 rings (SSSR count). The Hall–Kier alpha value is -1.18. The van der Waals surface area contributed by atoms with E-state index in [1.54, 1.807) is 17.6 Å². The molecule has 1 atom stereocenters. The van der Waals surface area contributed by atoms with Gasteiger partial charge in [0.25, 0.3) is 0 Å². The molecule has 128 valence electrons. The van der Waals surface area contributed by atoms with Crippen LogP contribution in [0.1, 0.15) is 37.4 Å². The maximum atomic E-state index is 12.9. The van der Waals surface area contributed by atoms with Gasteiger partial charge < -0.3 is 10.1 Å². The molecule has 0 aliphatic carbocycles. The summed E-state index contributed by atoms with van der Waals surface area (Å²) in [6.45, 7) is 2.44. The van der Waals surface area contributed by atoms with Crippen LogP contribution in [0, 0.1) is 5.92 Å². The fourth-order valence-corrected chi connectivity index (χ4v) is 5.65. The van der Waals surface area contributed by atoms with Gasteiger partial charge in [-0.1, -0.05) is 0 Å². The summed E-state index contributed by atoms with van der Waals surface area (Å²) < 4.78 is 32.5. The highest BCUT2D eigenvalue weighted by molar-refractivity contribution is 7.89. The van der Waals surface area contributed by atoms with Crippen LogP contribution in [0.15, 0.2) is 18.3 Å². The van der Waals surface area contributed by atoms with Crippen molar-refractivity contribution in [1.29, 1.82) is 0 Å². The summed E-state index contributed by atoms with van der Waals surface area (Å²) in [5.74, 6) is 1.23. The van der Waals surface area contributed by atoms with E-state index >= 15 is 0 Å². The van der Waals surface area contributed by atoms with E-state index in [-0.39, 0.29) is 17.7 Å². The molecule has 2 fully saturated rings. The van der Waals surface area contributed by atoms with E-state index in [9.17, 15) is 8.42 Å². The van der Waals surface area contributed by atoms with Gasteiger partial charge in [-0.05, 0) is 56.8 Å². The van der Waals surface area contributed by atoms with Crippen molar-refractivity contribution in [2.45, 2.75) is 31.7 Å². The molecule has 2 aliphatic rings. The van der Waals surface area contributed by atoms with Gasteiger partial charge in [0.15, 0.2) is 0 Å². The smallest absolute Gasteiger partial charge is 0.214 e. The molecule has 6 nitrogen and oxygen atoms in total. The summed E-state index contributed by atoms with van der Waals surface area (Å²) in [5.41, 5.74) is 0.817. The van der Waals surface area contributed by atoms with E-state index in [2.05, 4.69) is 10.3 Å². The van der Waals surface area contributed by atoms with Crippen molar-refractivity contribution in [3.63, 3.8) is 0 Å². The van der Waals surface area contributed by atoms with Gasteiger partial charge in [0.1, 0.15) is 5.75 Å². The third kappa shape index (κ3) is 3.84. The minimum atomic E-state index is -3.24. The fourth-order valence-electron chi connectivity index (χ4n) is 3.52. The molecule has 1 aromatic rings. The largest absolute Gasteiger partial charge is 0.495 e. The maximum Gasteiger partial charge on any atom is 0.214 e. The van der Waals surface area contributed by atoms with Gasteiger partial charge in [0.2, 0.25) is 10.0 Å². The molecule has 0 saturated carbocycles. The number of ether oxygens (including phenoxy) is 1. The van der Waals surface area contributed by atoms with Gasteiger partial charge in [0, 0.05) is 6.54 Å². The predicted octanol–water partition coefficient (Wildman–Crippen LogP) is 1.56. The van der Waals surface area contributed by atoms with E-state index in [0.717, 1.165) is 44.5 Å². The van der Waals surface area contributed by atoms with Crippen molar-refractivity contribution < 1.29 is 13.2 Å². The molecule has 0 aromatic carbocycles. The van der Waals surface area contributed by atoms with E-state index in [1.807, 2.05) is 12.1 Å². The third-order valence-corrected chi connectivity index (χ3v) is 6.85. The first kappa shape index (κ1) is 16.7. The van der Waals surface area contributed by atoms with Crippen LogP contribution in [0.3, 0.4) is 0 Å². The molecule has 1 aromatic heterocycles. The summed E-state index contributed by atoms with van der Waals surface area (Å²) in [4.78, 5) is 4.40. The van der Waals surface area contributed by atoms with Crippen LogP contribution in [0.4, 0.5) is 0 Å². The van der Waals surface area contributed by atoms with Gasteiger partial charge in [-0.2, -0.15) is 4.31 Å². The van der Waals surface area contributed by atoms with Crippen LogP contribution >= 0.6 is 0 Å². The third-order valence-electron chi connectivity index (χ3n) is 4.80. The average Bonchev–Trinajstić information content (AvgIpc) is 3.06. The van der Waals surface area contributed by atoms with E-state index < -0.39 is 10.0 Å². The highest BCUT2D eigenvalue weighted by Crippen LogP contribution is 2.34. The Bertz CT molecular complexity index is 612. The van der Waals surface area contributed by atoms with Crippen LogP contribution in [0.25, 0.3) is 0 Å². The lowest BCUT2D eigenvalue weighted by Gasteiger charge is -2.28. The van der Waals surface area contributed by atoms with Crippen LogP contribution in [0.5, 0.6) is 5.75 Å². The van der Waals surface area contributed by atoms with Gasteiger partial charge in [-0.3, -0.25) is 4.98 Å². The molecule has 1 unspecified atom stereocenters. The van der Waals surface area contributed by atoms with Gasteiger partial charge in [0.05, 0.1) is 30.8 Å². The first-order valence-corrected chi connectivity index (χ1v) is 9.91. The molecule has 2 aliphatic heterocycles.